The predicted octanol–water partition coefficient (Wildman–Crippen LogP) is -2.28. The summed E-state index contributed by atoms with van der Waals surface area (Å²) in [5.41, 5.74) is 5.54. The number of carbonyl (C=O) groups is 2. The Morgan fingerprint density at radius 3 is 2.47 bits per heavy atom. The Kier molecular flexibility index (Phi) is 9.19. The van der Waals surface area contributed by atoms with Gasteiger partial charge in [-0.1, -0.05) is 19.9 Å². The second-order valence-electron chi connectivity index (χ2n) is 7.79. The highest BCUT2D eigenvalue weighted by molar-refractivity contribution is 5.77. The molecular formula is C20H30N2O10. The minimum Gasteiger partial charge on any atom is -0.491 e. The van der Waals surface area contributed by atoms with Crippen LogP contribution in [0.25, 0.3) is 0 Å². The van der Waals surface area contributed by atoms with Crippen LogP contribution >= 0.6 is 0 Å². The molecule has 1 fully saturated rings. The summed E-state index contributed by atoms with van der Waals surface area (Å²) < 4.78 is 16.2. The monoisotopic (exact) mass is 458 g/mol. The van der Waals surface area contributed by atoms with Crippen LogP contribution in [0.15, 0.2) is 18.2 Å². The zero-order valence-corrected chi connectivity index (χ0v) is 17.7. The van der Waals surface area contributed by atoms with Gasteiger partial charge in [-0.05, 0) is 6.07 Å². The molecular weight excluding hydrogens is 428 g/mol. The van der Waals surface area contributed by atoms with Crippen LogP contribution in [0.5, 0.6) is 11.5 Å². The summed E-state index contributed by atoms with van der Waals surface area (Å²) in [7, 11) is 0. The van der Waals surface area contributed by atoms with Gasteiger partial charge < -0.3 is 50.8 Å². The van der Waals surface area contributed by atoms with E-state index < -0.39 is 48.7 Å². The summed E-state index contributed by atoms with van der Waals surface area (Å²) in [5, 5.41) is 52.2. The van der Waals surface area contributed by atoms with Crippen molar-refractivity contribution in [3.05, 3.63) is 23.8 Å². The molecule has 180 valence electrons. The van der Waals surface area contributed by atoms with Crippen LogP contribution in [-0.4, -0.2) is 93.4 Å². The number of carboxylic acid groups (broad SMARTS) is 1. The number of primary amides is 1. The molecule has 8 N–H and O–H groups in total. The third-order valence-corrected chi connectivity index (χ3v) is 4.66. The number of carbonyl (C=O) groups excluding carboxylic acids is 1. The zero-order valence-electron chi connectivity index (χ0n) is 17.7. The molecule has 0 saturated carbocycles. The molecule has 0 aliphatic carbocycles. The third kappa shape index (κ3) is 7.02. The van der Waals surface area contributed by atoms with Crippen molar-refractivity contribution in [2.45, 2.75) is 63.1 Å². The fourth-order valence-corrected chi connectivity index (χ4v) is 2.97. The average molecular weight is 458 g/mol. The third-order valence-electron chi connectivity index (χ3n) is 4.66. The standard InChI is InChI=1S/C20H30N2O10/c1-9(2)22-7-11(23)8-30-12-4-3-10(5-14(21)24)13(6-12)31-20-17(27)15(25)16(26)18(32-20)19(28)29/h3-4,6,9,11,15-18,20,22-23,25-27H,5,7-8H2,1-2H3,(H2,21,24)(H,28,29). The Hall–Kier alpha value is -2.48. The first kappa shape index (κ1) is 25.8. The highest BCUT2D eigenvalue weighted by Crippen LogP contribution is 2.30. The van der Waals surface area contributed by atoms with Crippen LogP contribution in [0.1, 0.15) is 19.4 Å². The van der Waals surface area contributed by atoms with Gasteiger partial charge in [0.2, 0.25) is 12.2 Å². The number of aliphatic hydroxyl groups excluding tert-OH is 4. The number of nitrogens with two attached hydrogens (primary N) is 1. The van der Waals surface area contributed by atoms with Gasteiger partial charge in [0.15, 0.2) is 6.10 Å². The topological polar surface area (TPSA) is 201 Å². The minimum atomic E-state index is -1.87. The van der Waals surface area contributed by atoms with Crippen LogP contribution < -0.4 is 20.5 Å². The molecule has 1 aliphatic heterocycles. The molecule has 1 aromatic carbocycles. The molecule has 1 aromatic rings. The number of nitrogens with one attached hydrogen (secondary N) is 1. The average Bonchev–Trinajstić information content (AvgIpc) is 2.71. The molecule has 12 nitrogen and oxygen atoms in total. The van der Waals surface area contributed by atoms with Gasteiger partial charge in [0, 0.05) is 24.2 Å². The molecule has 6 atom stereocenters. The van der Waals surface area contributed by atoms with Gasteiger partial charge in [-0.3, -0.25) is 4.79 Å². The lowest BCUT2D eigenvalue weighted by molar-refractivity contribution is -0.271. The highest BCUT2D eigenvalue weighted by atomic mass is 16.7. The summed E-state index contributed by atoms with van der Waals surface area (Å²) in [6.07, 6.45) is -10.1. The van der Waals surface area contributed by atoms with Crippen molar-refractivity contribution in [1.29, 1.82) is 0 Å². The van der Waals surface area contributed by atoms with E-state index in [1.165, 1.54) is 18.2 Å². The lowest BCUT2D eigenvalue weighted by Gasteiger charge is -2.38. The summed E-state index contributed by atoms with van der Waals surface area (Å²) in [6.45, 7) is 4.12. The van der Waals surface area contributed by atoms with Crippen LogP contribution in [0.3, 0.4) is 0 Å². The molecule has 1 heterocycles. The number of rotatable bonds is 11. The normalized spacial score (nSPS) is 26.5. The number of hydrogen-bond donors (Lipinski definition) is 7. The molecule has 0 radical (unpaired) electrons. The van der Waals surface area contributed by atoms with Crippen molar-refractivity contribution in [1.82, 2.24) is 5.32 Å². The molecule has 0 aromatic heterocycles. The molecule has 0 bridgehead atoms. The number of aliphatic hydroxyl groups is 4. The number of carboxylic acids is 1. The molecule has 0 spiro atoms. The molecule has 1 aliphatic rings. The van der Waals surface area contributed by atoms with Gasteiger partial charge in [0.05, 0.1) is 6.42 Å². The number of ether oxygens (including phenoxy) is 3. The van der Waals surface area contributed by atoms with E-state index in [4.69, 9.17) is 19.9 Å². The van der Waals surface area contributed by atoms with Crippen molar-refractivity contribution in [3.63, 3.8) is 0 Å². The van der Waals surface area contributed by atoms with Crippen LogP contribution in [0, 0.1) is 0 Å². The van der Waals surface area contributed by atoms with E-state index in [0.717, 1.165) is 0 Å². The van der Waals surface area contributed by atoms with Gasteiger partial charge in [0.1, 0.15) is 42.5 Å². The lowest BCUT2D eigenvalue weighted by Crippen LogP contribution is -2.61. The fraction of sp³-hybridized carbons (Fsp3) is 0.600. The molecule has 12 heteroatoms. The molecule has 6 unspecified atom stereocenters. The minimum absolute atomic E-state index is 0.0205. The van der Waals surface area contributed by atoms with Gasteiger partial charge >= 0.3 is 5.97 Å². The van der Waals surface area contributed by atoms with Crippen molar-refractivity contribution >= 4 is 11.9 Å². The summed E-state index contributed by atoms with van der Waals surface area (Å²) in [6, 6.07) is 4.53. The summed E-state index contributed by atoms with van der Waals surface area (Å²) in [4.78, 5) is 22.7. The second kappa shape index (κ2) is 11.4. The van der Waals surface area contributed by atoms with E-state index >= 15 is 0 Å². The van der Waals surface area contributed by atoms with E-state index in [2.05, 4.69) is 5.32 Å². The Balaban J connectivity index is 2.19. The van der Waals surface area contributed by atoms with E-state index in [0.29, 0.717) is 6.54 Å². The van der Waals surface area contributed by atoms with Gasteiger partial charge in [0.25, 0.3) is 0 Å². The number of hydrogen-bond acceptors (Lipinski definition) is 10. The van der Waals surface area contributed by atoms with Crippen molar-refractivity contribution in [2.24, 2.45) is 5.73 Å². The molecule has 1 amide bonds. The van der Waals surface area contributed by atoms with Gasteiger partial charge in [-0.2, -0.15) is 0 Å². The Bertz CT molecular complexity index is 790. The Morgan fingerprint density at radius 1 is 1.19 bits per heavy atom. The molecule has 1 saturated heterocycles. The summed E-state index contributed by atoms with van der Waals surface area (Å²) in [5.74, 6) is -2.01. The maximum Gasteiger partial charge on any atom is 0.335 e. The largest absolute Gasteiger partial charge is 0.491 e. The van der Waals surface area contributed by atoms with E-state index in [1.807, 2.05) is 13.8 Å². The number of aliphatic carboxylic acids is 1. The van der Waals surface area contributed by atoms with Gasteiger partial charge in [-0.15, -0.1) is 0 Å². The van der Waals surface area contributed by atoms with Crippen molar-refractivity contribution < 1.29 is 49.3 Å². The fourth-order valence-electron chi connectivity index (χ4n) is 2.97. The maximum absolute atomic E-state index is 11.4. The van der Waals surface area contributed by atoms with Crippen LogP contribution in [0.4, 0.5) is 0 Å². The van der Waals surface area contributed by atoms with E-state index in [1.54, 1.807) is 0 Å². The van der Waals surface area contributed by atoms with E-state index in [9.17, 15) is 35.1 Å². The van der Waals surface area contributed by atoms with Crippen molar-refractivity contribution in [3.8, 4) is 11.5 Å². The quantitative estimate of drug-likeness (QED) is 0.188. The van der Waals surface area contributed by atoms with Crippen LogP contribution in [-0.2, 0) is 20.7 Å². The first-order valence-electron chi connectivity index (χ1n) is 10.0. The zero-order chi connectivity index (χ0) is 24.0. The Morgan fingerprint density at radius 2 is 1.88 bits per heavy atom. The second-order valence-corrected chi connectivity index (χ2v) is 7.79. The first-order valence-corrected chi connectivity index (χ1v) is 10.0. The SMILES string of the molecule is CC(C)NCC(O)COc1ccc(CC(N)=O)c(OC2OC(C(=O)O)C(O)C(O)C2O)c1. The molecule has 2 rings (SSSR count). The van der Waals surface area contributed by atoms with Crippen molar-refractivity contribution in [2.75, 3.05) is 13.2 Å². The van der Waals surface area contributed by atoms with Crippen LogP contribution in [0.2, 0.25) is 0 Å². The Labute approximate surface area is 184 Å². The van der Waals surface area contributed by atoms with E-state index in [-0.39, 0.29) is 36.1 Å². The number of benzene rings is 1. The molecule has 32 heavy (non-hydrogen) atoms. The summed E-state index contributed by atoms with van der Waals surface area (Å²) >= 11 is 0. The maximum atomic E-state index is 11.4. The lowest BCUT2D eigenvalue weighted by atomic mass is 9.99. The smallest absolute Gasteiger partial charge is 0.335 e. The van der Waals surface area contributed by atoms with Gasteiger partial charge in [-0.25, -0.2) is 4.79 Å². The highest BCUT2D eigenvalue weighted by Gasteiger charge is 2.48. The predicted molar refractivity (Wildman–Crippen MR) is 109 cm³/mol. The number of amides is 1. The first-order chi connectivity index (χ1) is 15.0.